The number of carboxylic acids is 1. The number of carbonyl (C=O) groups excluding carboxylic acids is 1. The molecule has 8 heteroatoms. The first-order valence-electron chi connectivity index (χ1n) is 14.2. The predicted molar refractivity (Wildman–Crippen MR) is 159 cm³/mol. The average molecular weight is 562 g/mol. The molecule has 0 aromatic heterocycles. The molecule has 0 bridgehead atoms. The average Bonchev–Trinajstić information content (AvgIpc) is 2.81. The van der Waals surface area contributed by atoms with Crippen molar-refractivity contribution >= 4 is 20.4 Å². The number of methoxy groups -OCH3 is 1. The van der Waals surface area contributed by atoms with Crippen LogP contribution >= 0.6 is 0 Å². The van der Waals surface area contributed by atoms with Gasteiger partial charge in [-0.3, -0.25) is 4.79 Å². The zero-order valence-electron chi connectivity index (χ0n) is 25.6. The molecule has 1 aliphatic carbocycles. The normalized spacial score (nSPS) is 17.0. The quantitative estimate of drug-likeness (QED) is 0.203. The Kier molecular flexibility index (Phi) is 11.7. The van der Waals surface area contributed by atoms with Crippen LogP contribution in [-0.2, 0) is 20.4 Å². The number of aliphatic carboxylic acids is 1. The zero-order valence-corrected chi connectivity index (χ0v) is 26.6. The van der Waals surface area contributed by atoms with Crippen LogP contribution in [0.3, 0.4) is 0 Å². The number of rotatable bonds is 12. The molecule has 0 fully saturated rings. The molecule has 3 atom stereocenters. The maximum atomic E-state index is 13.0. The Morgan fingerprint density at radius 3 is 2.15 bits per heavy atom. The molecule has 1 aliphatic rings. The smallest absolute Gasteiger partial charge is 0.407 e. The number of nitrogens with one attached hydrogen (secondary N) is 1. The minimum Gasteiger partial charge on any atom is -0.497 e. The summed E-state index contributed by atoms with van der Waals surface area (Å²) in [5.41, 5.74) is 1.54. The summed E-state index contributed by atoms with van der Waals surface area (Å²) in [7, 11) is -0.710. The molecule has 220 valence electrons. The van der Waals surface area contributed by atoms with E-state index in [1.54, 1.807) is 7.11 Å². The van der Waals surface area contributed by atoms with Crippen LogP contribution in [0, 0.1) is 5.92 Å². The summed E-state index contributed by atoms with van der Waals surface area (Å²) in [5.74, 6) is -0.690. The molecule has 0 saturated heterocycles. The van der Waals surface area contributed by atoms with Gasteiger partial charge in [0, 0.05) is 0 Å². The molecule has 1 amide bonds. The number of ether oxygens (including phenoxy) is 2. The van der Waals surface area contributed by atoms with Crippen molar-refractivity contribution in [3.05, 3.63) is 41.5 Å². The van der Waals surface area contributed by atoms with Gasteiger partial charge in [0.2, 0.25) is 0 Å². The largest absolute Gasteiger partial charge is 0.497 e. The number of benzene rings is 1. The van der Waals surface area contributed by atoms with Crippen molar-refractivity contribution in [3.63, 3.8) is 0 Å². The third-order valence-electron chi connectivity index (χ3n) is 7.78. The SMILES string of the molecule is COc1ccc(C[C@H](NC(=O)OC(C)(C)C)[C@H](C[C@@H](CC2=CCCCC2)C(=O)O)O[Si](C)(C)C(C)(C)C)cc1. The Hall–Kier alpha value is -2.32. The van der Waals surface area contributed by atoms with Crippen molar-refractivity contribution in [3.8, 4) is 5.75 Å². The summed E-state index contributed by atoms with van der Waals surface area (Å²) < 4.78 is 17.9. The fraction of sp³-hybridized carbons (Fsp3) is 0.677. The Morgan fingerprint density at radius 2 is 1.67 bits per heavy atom. The Bertz CT molecular complexity index is 974. The number of hydrogen-bond donors (Lipinski definition) is 2. The molecular formula is C31H51NO6Si. The fourth-order valence-electron chi connectivity index (χ4n) is 4.56. The molecule has 0 unspecified atom stereocenters. The van der Waals surface area contributed by atoms with Gasteiger partial charge in [-0.15, -0.1) is 0 Å². The van der Waals surface area contributed by atoms with Crippen LogP contribution in [0.5, 0.6) is 5.75 Å². The minimum absolute atomic E-state index is 0.0908. The third-order valence-corrected chi connectivity index (χ3v) is 12.3. The Labute approximate surface area is 236 Å². The molecular weight excluding hydrogens is 510 g/mol. The van der Waals surface area contributed by atoms with Crippen LogP contribution in [0.4, 0.5) is 4.79 Å². The van der Waals surface area contributed by atoms with E-state index in [1.165, 1.54) is 5.57 Å². The van der Waals surface area contributed by atoms with E-state index in [2.05, 4.69) is 45.3 Å². The van der Waals surface area contributed by atoms with Crippen molar-refractivity contribution in [2.75, 3.05) is 7.11 Å². The highest BCUT2D eigenvalue weighted by atomic mass is 28.4. The molecule has 1 aromatic carbocycles. The minimum atomic E-state index is -2.33. The van der Waals surface area contributed by atoms with Crippen molar-refractivity contribution < 1.29 is 28.6 Å². The molecule has 0 spiro atoms. The van der Waals surface area contributed by atoms with E-state index in [-0.39, 0.29) is 5.04 Å². The number of alkyl carbamates (subject to hydrolysis) is 1. The fourth-order valence-corrected chi connectivity index (χ4v) is 5.93. The van der Waals surface area contributed by atoms with Gasteiger partial charge in [0.25, 0.3) is 0 Å². The highest BCUT2D eigenvalue weighted by molar-refractivity contribution is 6.74. The highest BCUT2D eigenvalue weighted by Gasteiger charge is 2.42. The molecule has 1 aromatic rings. The summed E-state index contributed by atoms with van der Waals surface area (Å²) in [4.78, 5) is 25.6. The van der Waals surface area contributed by atoms with Gasteiger partial charge in [-0.2, -0.15) is 0 Å². The lowest BCUT2D eigenvalue weighted by molar-refractivity contribution is -0.142. The van der Waals surface area contributed by atoms with Crippen LogP contribution in [0.2, 0.25) is 18.1 Å². The van der Waals surface area contributed by atoms with Crippen molar-refractivity contribution in [2.24, 2.45) is 5.92 Å². The van der Waals surface area contributed by atoms with Gasteiger partial charge in [0.05, 0.1) is 25.2 Å². The van der Waals surface area contributed by atoms with Crippen LogP contribution < -0.4 is 10.1 Å². The van der Waals surface area contributed by atoms with E-state index >= 15 is 0 Å². The summed E-state index contributed by atoms with van der Waals surface area (Å²) >= 11 is 0. The summed E-state index contributed by atoms with van der Waals surface area (Å²) in [6.07, 6.45) is 6.65. The second kappa shape index (κ2) is 13.8. The van der Waals surface area contributed by atoms with Gasteiger partial charge in [-0.25, -0.2) is 4.79 Å². The molecule has 2 N–H and O–H groups in total. The standard InChI is InChI=1S/C31H51NO6Si/c1-30(2,3)37-29(35)32-26(20-23-15-17-25(36-7)18-16-23)27(38-39(8,9)31(4,5)6)21-24(28(33)34)19-22-13-11-10-12-14-22/h13,15-18,24,26-27H,10-12,14,19-21H2,1-9H3,(H,32,35)(H,33,34)/t24-,26+,27+/m1/s1. The van der Waals surface area contributed by atoms with Gasteiger partial charge in [0.1, 0.15) is 11.4 Å². The maximum absolute atomic E-state index is 13.0. The lowest BCUT2D eigenvalue weighted by Crippen LogP contribution is -2.54. The summed E-state index contributed by atoms with van der Waals surface area (Å²) in [5, 5.41) is 13.3. The third kappa shape index (κ3) is 11.0. The van der Waals surface area contributed by atoms with Gasteiger partial charge < -0.3 is 24.3 Å². The van der Waals surface area contributed by atoms with Crippen molar-refractivity contribution in [2.45, 2.75) is 122 Å². The molecule has 7 nitrogen and oxygen atoms in total. The van der Waals surface area contributed by atoms with Gasteiger partial charge in [0.15, 0.2) is 8.32 Å². The van der Waals surface area contributed by atoms with Crippen molar-refractivity contribution in [1.82, 2.24) is 5.32 Å². The number of carbonyl (C=O) groups is 2. The molecule has 2 rings (SSSR count). The second-order valence-electron chi connectivity index (χ2n) is 13.3. The second-order valence-corrected chi connectivity index (χ2v) is 18.1. The van der Waals surface area contributed by atoms with Crippen LogP contribution in [0.15, 0.2) is 35.9 Å². The number of hydrogen-bond acceptors (Lipinski definition) is 5. The van der Waals surface area contributed by atoms with Gasteiger partial charge >= 0.3 is 12.1 Å². The van der Waals surface area contributed by atoms with E-state index in [4.69, 9.17) is 13.9 Å². The Balaban J connectivity index is 2.47. The zero-order chi connectivity index (χ0) is 29.4. The van der Waals surface area contributed by atoms with E-state index in [0.29, 0.717) is 19.3 Å². The molecule has 39 heavy (non-hydrogen) atoms. The molecule has 0 saturated carbocycles. The van der Waals surface area contributed by atoms with Crippen LogP contribution in [-0.4, -0.2) is 50.3 Å². The predicted octanol–water partition coefficient (Wildman–Crippen LogP) is 7.50. The topological polar surface area (TPSA) is 94.1 Å². The highest BCUT2D eigenvalue weighted by Crippen LogP contribution is 2.39. The van der Waals surface area contributed by atoms with E-state index in [0.717, 1.165) is 37.0 Å². The van der Waals surface area contributed by atoms with E-state index in [1.807, 2.05) is 45.0 Å². The van der Waals surface area contributed by atoms with Gasteiger partial charge in [-0.05, 0) is 102 Å². The number of carboxylic acid groups (broad SMARTS) is 1. The maximum Gasteiger partial charge on any atom is 0.407 e. The van der Waals surface area contributed by atoms with Crippen LogP contribution in [0.25, 0.3) is 0 Å². The number of amides is 1. The molecule has 0 radical (unpaired) electrons. The summed E-state index contributed by atoms with van der Waals surface area (Å²) in [6, 6.07) is 7.23. The molecule has 0 aliphatic heterocycles. The summed E-state index contributed by atoms with van der Waals surface area (Å²) in [6.45, 7) is 16.3. The Morgan fingerprint density at radius 1 is 1.03 bits per heavy atom. The first kappa shape index (κ1) is 32.9. The van der Waals surface area contributed by atoms with Crippen molar-refractivity contribution in [1.29, 1.82) is 0 Å². The first-order chi connectivity index (χ1) is 18.0. The lowest BCUT2D eigenvalue weighted by Gasteiger charge is -2.42. The van der Waals surface area contributed by atoms with E-state index < -0.39 is 44.0 Å². The van der Waals surface area contributed by atoms with Gasteiger partial charge in [-0.1, -0.05) is 44.6 Å². The first-order valence-corrected chi connectivity index (χ1v) is 17.1. The monoisotopic (exact) mass is 561 g/mol. The van der Waals surface area contributed by atoms with Crippen LogP contribution in [0.1, 0.15) is 85.6 Å². The number of allylic oxidation sites excluding steroid dienone is 2. The molecule has 0 heterocycles. The lowest BCUT2D eigenvalue weighted by atomic mass is 9.86. The van der Waals surface area contributed by atoms with E-state index in [9.17, 15) is 14.7 Å².